The SMILES string of the molecule is CCOc1cc(C)c(/C=C2/C(=O)NN(c3ccccc3)C2=O)cc1OCC. The molecule has 1 fully saturated rings. The zero-order valence-electron chi connectivity index (χ0n) is 15.6. The number of benzene rings is 2. The molecule has 0 radical (unpaired) electrons. The number of nitrogens with zero attached hydrogens (tertiary/aromatic N) is 1. The fourth-order valence-electron chi connectivity index (χ4n) is 2.84. The number of rotatable bonds is 6. The van der Waals surface area contributed by atoms with Crippen molar-refractivity contribution in [1.29, 1.82) is 0 Å². The van der Waals surface area contributed by atoms with Crippen molar-refractivity contribution in [3.8, 4) is 11.5 Å². The van der Waals surface area contributed by atoms with Gasteiger partial charge in [0.25, 0.3) is 11.8 Å². The number of hydrazine groups is 1. The molecule has 1 N–H and O–H groups in total. The van der Waals surface area contributed by atoms with Crippen LogP contribution in [0, 0.1) is 6.92 Å². The molecule has 1 aliphatic rings. The van der Waals surface area contributed by atoms with Crippen molar-refractivity contribution >= 4 is 23.6 Å². The van der Waals surface area contributed by atoms with Gasteiger partial charge in [-0.2, -0.15) is 0 Å². The van der Waals surface area contributed by atoms with Crippen molar-refractivity contribution in [2.24, 2.45) is 0 Å². The highest BCUT2D eigenvalue weighted by atomic mass is 16.5. The number of amides is 2. The molecule has 1 saturated heterocycles. The molecule has 1 heterocycles. The Hall–Kier alpha value is -3.28. The van der Waals surface area contributed by atoms with E-state index in [-0.39, 0.29) is 5.57 Å². The van der Waals surface area contributed by atoms with Gasteiger partial charge in [0.05, 0.1) is 18.9 Å². The smallest absolute Gasteiger partial charge is 0.282 e. The summed E-state index contributed by atoms with van der Waals surface area (Å²) < 4.78 is 11.3. The molecular weight excluding hydrogens is 344 g/mol. The van der Waals surface area contributed by atoms with E-state index in [2.05, 4.69) is 5.43 Å². The summed E-state index contributed by atoms with van der Waals surface area (Å²) >= 11 is 0. The lowest BCUT2D eigenvalue weighted by Gasteiger charge is -2.14. The lowest BCUT2D eigenvalue weighted by molar-refractivity contribution is -0.117. The molecule has 6 heteroatoms. The Morgan fingerprint density at radius 2 is 1.63 bits per heavy atom. The summed E-state index contributed by atoms with van der Waals surface area (Å²) in [5.74, 6) is 0.405. The van der Waals surface area contributed by atoms with E-state index in [1.165, 1.54) is 5.01 Å². The van der Waals surface area contributed by atoms with Gasteiger partial charge < -0.3 is 9.47 Å². The average Bonchev–Trinajstić information content (AvgIpc) is 2.94. The normalized spacial score (nSPS) is 15.2. The van der Waals surface area contributed by atoms with Crippen LogP contribution in [0.15, 0.2) is 48.0 Å². The van der Waals surface area contributed by atoms with Crippen LogP contribution >= 0.6 is 0 Å². The van der Waals surface area contributed by atoms with E-state index in [9.17, 15) is 9.59 Å². The quantitative estimate of drug-likeness (QED) is 0.629. The summed E-state index contributed by atoms with van der Waals surface area (Å²) in [6, 6.07) is 12.6. The molecule has 0 saturated carbocycles. The minimum absolute atomic E-state index is 0.0774. The Morgan fingerprint density at radius 3 is 2.26 bits per heavy atom. The maximum absolute atomic E-state index is 12.7. The Bertz CT molecular complexity index is 891. The van der Waals surface area contributed by atoms with Crippen molar-refractivity contribution < 1.29 is 19.1 Å². The van der Waals surface area contributed by atoms with E-state index >= 15 is 0 Å². The van der Waals surface area contributed by atoms with Gasteiger partial charge in [0.15, 0.2) is 11.5 Å². The average molecular weight is 366 g/mol. The summed E-state index contributed by atoms with van der Waals surface area (Å²) in [5.41, 5.74) is 4.90. The maximum atomic E-state index is 12.7. The number of hydrogen-bond donors (Lipinski definition) is 1. The van der Waals surface area contributed by atoms with Crippen molar-refractivity contribution in [2.45, 2.75) is 20.8 Å². The molecule has 6 nitrogen and oxygen atoms in total. The van der Waals surface area contributed by atoms with Crippen LogP contribution < -0.4 is 19.9 Å². The van der Waals surface area contributed by atoms with Crippen molar-refractivity contribution in [3.05, 3.63) is 59.2 Å². The lowest BCUT2D eigenvalue weighted by atomic mass is 10.0. The number of ether oxygens (including phenoxy) is 2. The van der Waals surface area contributed by atoms with Crippen LogP contribution in [-0.4, -0.2) is 25.0 Å². The monoisotopic (exact) mass is 366 g/mol. The molecule has 0 unspecified atom stereocenters. The van der Waals surface area contributed by atoms with Gasteiger partial charge in [-0.1, -0.05) is 18.2 Å². The van der Waals surface area contributed by atoms with E-state index in [0.717, 1.165) is 11.1 Å². The molecule has 2 aromatic carbocycles. The molecule has 3 rings (SSSR count). The number of nitrogens with one attached hydrogen (secondary N) is 1. The van der Waals surface area contributed by atoms with Crippen molar-refractivity contribution in [2.75, 3.05) is 18.2 Å². The molecule has 27 heavy (non-hydrogen) atoms. The molecule has 0 bridgehead atoms. The molecule has 0 aliphatic carbocycles. The van der Waals surface area contributed by atoms with Crippen LogP contribution in [0.25, 0.3) is 6.08 Å². The van der Waals surface area contributed by atoms with Crippen LogP contribution in [0.4, 0.5) is 5.69 Å². The summed E-state index contributed by atoms with van der Waals surface area (Å²) in [6.45, 7) is 6.70. The summed E-state index contributed by atoms with van der Waals surface area (Å²) in [5, 5.41) is 1.25. The van der Waals surface area contributed by atoms with Gasteiger partial charge in [-0.25, -0.2) is 5.01 Å². The molecule has 2 aromatic rings. The minimum Gasteiger partial charge on any atom is -0.490 e. The zero-order valence-corrected chi connectivity index (χ0v) is 15.6. The second-order valence-corrected chi connectivity index (χ2v) is 6.00. The fourth-order valence-corrected chi connectivity index (χ4v) is 2.84. The topological polar surface area (TPSA) is 67.9 Å². The first-order chi connectivity index (χ1) is 13.0. The van der Waals surface area contributed by atoms with Crippen LogP contribution in [0.5, 0.6) is 11.5 Å². The van der Waals surface area contributed by atoms with Gasteiger partial charge >= 0.3 is 0 Å². The Labute approximate surface area is 158 Å². The first-order valence-corrected chi connectivity index (χ1v) is 8.87. The first-order valence-electron chi connectivity index (χ1n) is 8.87. The molecule has 0 aromatic heterocycles. The second-order valence-electron chi connectivity index (χ2n) is 6.00. The highest BCUT2D eigenvalue weighted by molar-refractivity contribution is 6.31. The molecule has 140 valence electrons. The van der Waals surface area contributed by atoms with Crippen LogP contribution in [-0.2, 0) is 9.59 Å². The first kappa shape index (κ1) is 18.5. The third-order valence-electron chi connectivity index (χ3n) is 4.14. The number of carbonyl (C=O) groups is 2. The summed E-state index contributed by atoms with van der Waals surface area (Å²) in [6.07, 6.45) is 1.59. The van der Waals surface area contributed by atoms with Gasteiger partial charge in [0.1, 0.15) is 5.57 Å². The highest BCUT2D eigenvalue weighted by Gasteiger charge is 2.34. The zero-order chi connectivity index (χ0) is 19.4. The standard InChI is InChI=1S/C21H22N2O4/c1-4-26-18-11-14(3)15(13-19(18)27-5-2)12-17-20(24)22-23(21(17)25)16-9-7-6-8-10-16/h6-13H,4-5H2,1-3H3,(H,22,24)/b17-12-. The van der Waals surface area contributed by atoms with Gasteiger partial charge in [0.2, 0.25) is 0 Å². The number of aryl methyl sites for hydroxylation is 1. The van der Waals surface area contributed by atoms with Crippen LogP contribution in [0.2, 0.25) is 0 Å². The van der Waals surface area contributed by atoms with Crippen molar-refractivity contribution in [1.82, 2.24) is 5.43 Å². The van der Waals surface area contributed by atoms with Gasteiger partial charge in [-0.05, 0) is 62.2 Å². The molecule has 2 amide bonds. The minimum atomic E-state index is -0.435. The van der Waals surface area contributed by atoms with Gasteiger partial charge in [-0.15, -0.1) is 0 Å². The largest absolute Gasteiger partial charge is 0.490 e. The highest BCUT2D eigenvalue weighted by Crippen LogP contribution is 2.32. The van der Waals surface area contributed by atoms with E-state index in [1.54, 1.807) is 36.4 Å². The van der Waals surface area contributed by atoms with Crippen molar-refractivity contribution in [3.63, 3.8) is 0 Å². The summed E-state index contributed by atoms with van der Waals surface area (Å²) in [4.78, 5) is 25.1. The maximum Gasteiger partial charge on any atom is 0.282 e. The van der Waals surface area contributed by atoms with Crippen LogP contribution in [0.3, 0.4) is 0 Å². The third-order valence-corrected chi connectivity index (χ3v) is 4.14. The van der Waals surface area contributed by atoms with Gasteiger partial charge in [-0.3, -0.25) is 15.0 Å². The predicted molar refractivity (Wildman–Crippen MR) is 104 cm³/mol. The van der Waals surface area contributed by atoms with Gasteiger partial charge in [0, 0.05) is 0 Å². The Kier molecular flexibility index (Phi) is 5.45. The van der Waals surface area contributed by atoms with Crippen LogP contribution in [0.1, 0.15) is 25.0 Å². The Morgan fingerprint density at radius 1 is 1.00 bits per heavy atom. The number of hydrogen-bond acceptors (Lipinski definition) is 4. The lowest BCUT2D eigenvalue weighted by Crippen LogP contribution is -2.35. The number of carbonyl (C=O) groups excluding carboxylic acids is 2. The van der Waals surface area contributed by atoms with E-state index in [1.807, 2.05) is 32.9 Å². The van der Waals surface area contributed by atoms with E-state index in [0.29, 0.717) is 30.4 Å². The molecule has 1 aliphatic heterocycles. The molecule has 0 atom stereocenters. The molecule has 0 spiro atoms. The third kappa shape index (κ3) is 3.79. The van der Waals surface area contributed by atoms with E-state index in [4.69, 9.17) is 9.47 Å². The second kappa shape index (κ2) is 7.95. The predicted octanol–water partition coefficient (Wildman–Crippen LogP) is 3.25. The summed E-state index contributed by atoms with van der Waals surface area (Å²) in [7, 11) is 0. The number of para-hydroxylation sites is 1. The van der Waals surface area contributed by atoms with E-state index < -0.39 is 11.8 Å². The molecular formula is C21H22N2O4. The Balaban J connectivity index is 1.97. The fraction of sp³-hybridized carbons (Fsp3) is 0.238. The number of anilines is 1.